The summed E-state index contributed by atoms with van der Waals surface area (Å²) in [4.78, 5) is 15.7. The molecule has 1 atom stereocenters. The van der Waals surface area contributed by atoms with E-state index in [1.165, 1.54) is 14.2 Å². The van der Waals surface area contributed by atoms with Gasteiger partial charge in [-0.15, -0.1) is 0 Å². The molecule has 0 bridgehead atoms. The number of phenolic OH excluding ortho intramolecular Hbond substituents is 1. The fourth-order valence-corrected chi connectivity index (χ4v) is 4.96. The van der Waals surface area contributed by atoms with E-state index in [0.29, 0.717) is 17.9 Å². The van der Waals surface area contributed by atoms with Crippen LogP contribution in [0.4, 0.5) is 0 Å². The van der Waals surface area contributed by atoms with Crippen LogP contribution in [0.5, 0.6) is 23.0 Å². The summed E-state index contributed by atoms with van der Waals surface area (Å²) in [6.07, 6.45) is 2.37. The van der Waals surface area contributed by atoms with Crippen LogP contribution in [0.15, 0.2) is 66.2 Å². The minimum atomic E-state index is -0.444. The number of ether oxygens (including phenoxy) is 3. The van der Waals surface area contributed by atoms with Crippen molar-refractivity contribution in [3.63, 3.8) is 0 Å². The van der Waals surface area contributed by atoms with E-state index in [2.05, 4.69) is 6.92 Å². The molecule has 0 radical (unpaired) electrons. The molecule has 1 unspecified atom stereocenters. The number of hydrogen-bond donors (Lipinski definition) is 1. The monoisotopic (exact) mass is 499 g/mol. The van der Waals surface area contributed by atoms with E-state index in [-0.39, 0.29) is 11.5 Å². The van der Waals surface area contributed by atoms with Crippen molar-refractivity contribution >= 4 is 23.0 Å². The first-order chi connectivity index (χ1) is 17.8. The average Bonchev–Trinajstić information content (AvgIpc) is 3.15. The number of nitrogens with zero attached hydrogens (tertiary/aromatic N) is 1. The number of phenols is 1. The first kappa shape index (κ1) is 26.0. The lowest BCUT2D eigenvalue weighted by Crippen LogP contribution is -2.38. The minimum Gasteiger partial charge on any atom is -0.502 e. The molecular weight excluding hydrogens is 466 g/mol. The zero-order chi connectivity index (χ0) is 26.7. The summed E-state index contributed by atoms with van der Waals surface area (Å²) in [6.45, 7) is 2.05. The zero-order valence-corrected chi connectivity index (χ0v) is 22.2. The average molecular weight is 500 g/mol. The summed E-state index contributed by atoms with van der Waals surface area (Å²) in [5.74, 6) is 1.45. The third-order valence-electron chi connectivity index (χ3n) is 6.74. The van der Waals surface area contributed by atoms with Crippen LogP contribution in [-0.2, 0) is 11.2 Å². The first-order valence-corrected chi connectivity index (χ1v) is 12.1. The van der Waals surface area contributed by atoms with E-state index < -0.39 is 6.04 Å². The molecule has 0 fully saturated rings. The largest absolute Gasteiger partial charge is 0.502 e. The van der Waals surface area contributed by atoms with Gasteiger partial charge in [0.1, 0.15) is 5.75 Å². The van der Waals surface area contributed by atoms with Crippen LogP contribution in [0.1, 0.15) is 29.2 Å². The molecule has 1 N–H and O–H groups in total. The molecule has 0 saturated carbocycles. The number of aromatic hydroxyl groups is 1. The van der Waals surface area contributed by atoms with E-state index in [9.17, 15) is 9.90 Å². The predicted molar refractivity (Wildman–Crippen MR) is 147 cm³/mol. The molecule has 0 saturated heterocycles. The quantitative estimate of drug-likeness (QED) is 0.420. The summed E-state index contributed by atoms with van der Waals surface area (Å²) < 4.78 is 16.3. The fourth-order valence-electron chi connectivity index (χ4n) is 4.96. The number of benzene rings is 3. The van der Waals surface area contributed by atoms with Gasteiger partial charge in [-0.25, -0.2) is 0 Å². The van der Waals surface area contributed by atoms with Gasteiger partial charge < -0.3 is 19.3 Å². The van der Waals surface area contributed by atoms with Gasteiger partial charge >= 0.3 is 0 Å². The Balaban J connectivity index is 1.88. The van der Waals surface area contributed by atoms with Crippen molar-refractivity contribution in [3.05, 3.63) is 88.5 Å². The van der Waals surface area contributed by atoms with Gasteiger partial charge in [0.05, 0.1) is 27.4 Å². The number of hydrogen-bond acceptors (Lipinski definition) is 6. The number of ketones is 1. The lowest BCUT2D eigenvalue weighted by atomic mass is 9.91. The van der Waals surface area contributed by atoms with Gasteiger partial charge in [-0.1, -0.05) is 36.4 Å². The van der Waals surface area contributed by atoms with Gasteiger partial charge in [-0.05, 0) is 90.3 Å². The highest BCUT2D eigenvalue weighted by Gasteiger charge is 2.34. The van der Waals surface area contributed by atoms with Crippen LogP contribution in [-0.4, -0.2) is 57.3 Å². The maximum Gasteiger partial charge on any atom is 0.200 e. The minimum absolute atomic E-state index is 0.0455. The number of methoxy groups -OCH3 is 3. The summed E-state index contributed by atoms with van der Waals surface area (Å²) >= 11 is 0. The van der Waals surface area contributed by atoms with Crippen molar-refractivity contribution in [2.24, 2.45) is 0 Å². The molecule has 0 aromatic heterocycles. The van der Waals surface area contributed by atoms with Gasteiger partial charge in [0.2, 0.25) is 5.75 Å². The van der Waals surface area contributed by atoms with Crippen LogP contribution in [0.3, 0.4) is 0 Å². The van der Waals surface area contributed by atoms with Crippen LogP contribution in [0.25, 0.3) is 17.2 Å². The molecule has 0 aliphatic heterocycles. The van der Waals surface area contributed by atoms with Crippen molar-refractivity contribution in [3.8, 4) is 23.0 Å². The van der Waals surface area contributed by atoms with Gasteiger partial charge in [0.25, 0.3) is 0 Å². The van der Waals surface area contributed by atoms with Gasteiger partial charge in [0.15, 0.2) is 17.3 Å². The van der Waals surface area contributed by atoms with Crippen LogP contribution in [0, 0.1) is 0 Å². The Morgan fingerprint density at radius 1 is 0.919 bits per heavy atom. The summed E-state index contributed by atoms with van der Waals surface area (Å²) in [7, 11) is 8.52. The maximum atomic E-state index is 13.7. The Morgan fingerprint density at radius 3 is 2.14 bits per heavy atom. The zero-order valence-electron chi connectivity index (χ0n) is 22.2. The molecule has 3 aromatic carbocycles. The van der Waals surface area contributed by atoms with Gasteiger partial charge in [-0.3, -0.25) is 9.69 Å². The first-order valence-electron chi connectivity index (χ1n) is 12.1. The highest BCUT2D eigenvalue weighted by Crippen LogP contribution is 2.47. The van der Waals surface area contributed by atoms with Crippen molar-refractivity contribution < 1.29 is 24.1 Å². The van der Waals surface area contributed by atoms with E-state index >= 15 is 0 Å². The third-order valence-corrected chi connectivity index (χ3v) is 6.74. The molecule has 3 aromatic rings. The number of fused-ring (bicyclic) bond motifs is 1. The lowest BCUT2D eigenvalue weighted by Gasteiger charge is -2.26. The summed E-state index contributed by atoms with van der Waals surface area (Å²) in [6, 6.07) is 18.9. The SMILES string of the molecule is COc1ccc2c(c1)C(C(C(=O)Cc1ccccc1)N(C)C)=C(C)/C2=C/c1cc(OC)c(O)c(OC)c1. The van der Waals surface area contributed by atoms with Gasteiger partial charge in [0, 0.05) is 6.42 Å². The van der Waals surface area contributed by atoms with E-state index in [0.717, 1.165) is 44.7 Å². The number of Topliss-reactive ketones (excluding diaryl/α,β-unsaturated/α-hetero) is 1. The normalized spacial score (nSPS) is 14.6. The number of allylic oxidation sites excluding steroid dienone is 2. The highest BCUT2D eigenvalue weighted by molar-refractivity contribution is 6.11. The molecule has 1 aliphatic carbocycles. The third kappa shape index (κ3) is 5.11. The number of carbonyl (C=O) groups excluding carboxylic acids is 1. The molecule has 192 valence electrons. The van der Waals surface area contributed by atoms with E-state index in [1.807, 2.05) is 73.6 Å². The van der Waals surface area contributed by atoms with Gasteiger partial charge in [-0.2, -0.15) is 0 Å². The van der Waals surface area contributed by atoms with Crippen LogP contribution >= 0.6 is 0 Å². The maximum absolute atomic E-state index is 13.7. The number of rotatable bonds is 9. The Morgan fingerprint density at radius 2 is 1.57 bits per heavy atom. The topological polar surface area (TPSA) is 68.2 Å². The summed E-state index contributed by atoms with van der Waals surface area (Å²) in [5, 5.41) is 10.4. The standard InChI is InChI=1S/C31H33NO5/c1-19-24(14-21-16-27(36-5)31(34)28(17-21)37-6)23-13-12-22(35-4)18-25(23)29(19)30(32(2)3)26(33)15-20-10-8-7-9-11-20/h7-14,16-18,30,34H,15H2,1-6H3/b24-14-. The van der Waals surface area contributed by atoms with Crippen LogP contribution in [0.2, 0.25) is 0 Å². The molecule has 6 nitrogen and oxygen atoms in total. The second kappa shape index (κ2) is 10.9. The molecule has 0 spiro atoms. The second-order valence-electron chi connectivity index (χ2n) is 9.28. The van der Waals surface area contributed by atoms with Crippen LogP contribution < -0.4 is 14.2 Å². The Hall–Kier alpha value is -4.03. The van der Waals surface area contributed by atoms with Crippen molar-refractivity contribution in [2.45, 2.75) is 19.4 Å². The molecule has 4 rings (SSSR count). The van der Waals surface area contributed by atoms with E-state index in [4.69, 9.17) is 14.2 Å². The van der Waals surface area contributed by atoms with Crippen molar-refractivity contribution in [1.29, 1.82) is 0 Å². The molecule has 1 aliphatic rings. The lowest BCUT2D eigenvalue weighted by molar-refractivity contribution is -0.121. The molecule has 0 heterocycles. The number of carbonyl (C=O) groups is 1. The Labute approximate surface area is 218 Å². The molecular formula is C31H33NO5. The second-order valence-corrected chi connectivity index (χ2v) is 9.28. The molecule has 6 heteroatoms. The Bertz CT molecular complexity index is 1350. The summed E-state index contributed by atoms with van der Waals surface area (Å²) in [5.41, 5.74) is 6.74. The van der Waals surface area contributed by atoms with Crippen molar-refractivity contribution in [1.82, 2.24) is 4.90 Å². The predicted octanol–water partition coefficient (Wildman–Crippen LogP) is 5.49. The molecule has 0 amide bonds. The number of likely N-dealkylation sites (N-methyl/N-ethyl adjacent to an activating group) is 1. The smallest absolute Gasteiger partial charge is 0.200 e. The Kier molecular flexibility index (Phi) is 7.69. The molecule has 37 heavy (non-hydrogen) atoms. The highest BCUT2D eigenvalue weighted by atomic mass is 16.5. The van der Waals surface area contributed by atoms with Crippen molar-refractivity contribution in [2.75, 3.05) is 35.4 Å². The van der Waals surface area contributed by atoms with E-state index in [1.54, 1.807) is 19.2 Å². The fraction of sp³-hybridized carbons (Fsp3) is 0.258.